The number of ether oxygens (including phenoxy) is 1. The minimum atomic E-state index is -0.610. The van der Waals surface area contributed by atoms with Crippen LogP contribution in [0, 0.1) is 0 Å². The first-order chi connectivity index (χ1) is 22.8. The van der Waals surface area contributed by atoms with Gasteiger partial charge in [-0.25, -0.2) is 9.97 Å². The fourth-order valence-corrected chi connectivity index (χ4v) is 7.11. The second kappa shape index (κ2) is 10.5. The quantitative estimate of drug-likeness (QED) is 0.205. The number of para-hydroxylation sites is 2. The highest BCUT2D eigenvalue weighted by molar-refractivity contribution is 5.96. The Balaban J connectivity index is 1.31. The van der Waals surface area contributed by atoms with Gasteiger partial charge in [0.05, 0.1) is 16.6 Å². The van der Waals surface area contributed by atoms with Crippen molar-refractivity contribution in [2.24, 2.45) is 0 Å². The lowest BCUT2D eigenvalue weighted by molar-refractivity contribution is 0.434. The van der Waals surface area contributed by atoms with E-state index < -0.39 is 5.41 Å². The average molecular weight is 589 g/mol. The molecule has 0 saturated heterocycles. The normalized spacial score (nSPS) is 13.1. The monoisotopic (exact) mass is 588 g/mol. The Morgan fingerprint density at radius 1 is 0.435 bits per heavy atom. The van der Waals surface area contributed by atoms with Crippen LogP contribution in [0.5, 0.6) is 11.5 Å². The van der Waals surface area contributed by atoms with E-state index in [1.807, 2.05) is 12.1 Å². The first-order valence-electron chi connectivity index (χ1n) is 15.6. The molecule has 216 valence electrons. The van der Waals surface area contributed by atoms with Crippen LogP contribution >= 0.6 is 0 Å². The van der Waals surface area contributed by atoms with Gasteiger partial charge in [-0.15, -0.1) is 0 Å². The van der Waals surface area contributed by atoms with Crippen molar-refractivity contribution in [3.63, 3.8) is 0 Å². The van der Waals surface area contributed by atoms with Gasteiger partial charge in [0.15, 0.2) is 5.82 Å². The van der Waals surface area contributed by atoms with Crippen molar-refractivity contribution in [1.29, 1.82) is 0 Å². The number of aromatic nitrogens is 2. The lowest BCUT2D eigenvalue weighted by Crippen LogP contribution is -2.34. The van der Waals surface area contributed by atoms with E-state index in [1.165, 1.54) is 21.9 Å². The summed E-state index contributed by atoms with van der Waals surface area (Å²) in [7, 11) is 0. The van der Waals surface area contributed by atoms with E-state index in [2.05, 4.69) is 158 Å². The largest absolute Gasteiger partial charge is 0.457 e. The Labute approximate surface area is 267 Å². The Morgan fingerprint density at radius 2 is 1.07 bits per heavy atom. The molecule has 0 amide bonds. The van der Waals surface area contributed by atoms with E-state index in [1.54, 1.807) is 0 Å². The van der Waals surface area contributed by atoms with Gasteiger partial charge >= 0.3 is 0 Å². The number of rotatable bonds is 4. The maximum atomic E-state index is 6.63. The SMILES string of the molecule is c1ccc(C2(c3ccccc3)c3ccccc3Oc3ccc(-c4nc(-c5ccc6ccccc6c5)c5ccccc5n4)cc32)cc1. The molecule has 8 aromatic rings. The summed E-state index contributed by atoms with van der Waals surface area (Å²) >= 11 is 0. The standard InChI is InChI=1S/C43H28N2O/c1-3-15-33(16-4-1)43(34-17-5-2-6-18-34)36-20-10-12-22-39(36)46-40-26-25-32(28-37(40)43)42-44-38-21-11-9-19-35(38)41(45-42)31-24-23-29-13-7-8-14-30(29)27-31/h1-28H. The van der Waals surface area contributed by atoms with Gasteiger partial charge in [0.2, 0.25) is 0 Å². The summed E-state index contributed by atoms with van der Waals surface area (Å²) in [6.45, 7) is 0. The molecule has 7 aromatic carbocycles. The number of fused-ring (bicyclic) bond motifs is 4. The molecule has 9 rings (SSSR count). The molecular weight excluding hydrogens is 560 g/mol. The number of nitrogens with zero attached hydrogens (tertiary/aromatic N) is 2. The number of benzene rings is 7. The minimum absolute atomic E-state index is 0.610. The first-order valence-corrected chi connectivity index (χ1v) is 15.6. The fourth-order valence-electron chi connectivity index (χ4n) is 7.11. The molecule has 0 fully saturated rings. The van der Waals surface area contributed by atoms with Crippen LogP contribution in [0.15, 0.2) is 170 Å². The summed E-state index contributed by atoms with van der Waals surface area (Å²) in [4.78, 5) is 10.4. The molecule has 0 unspecified atom stereocenters. The van der Waals surface area contributed by atoms with Crippen LogP contribution in [0.1, 0.15) is 22.3 Å². The van der Waals surface area contributed by atoms with Crippen LogP contribution in [0.3, 0.4) is 0 Å². The summed E-state index contributed by atoms with van der Waals surface area (Å²) in [5.74, 6) is 2.36. The maximum Gasteiger partial charge on any atom is 0.160 e. The van der Waals surface area contributed by atoms with Crippen LogP contribution < -0.4 is 4.74 Å². The highest BCUT2D eigenvalue weighted by atomic mass is 16.5. The van der Waals surface area contributed by atoms with Crippen molar-refractivity contribution in [3.05, 3.63) is 192 Å². The second-order valence-corrected chi connectivity index (χ2v) is 11.8. The van der Waals surface area contributed by atoms with Gasteiger partial charge in [0, 0.05) is 27.6 Å². The third-order valence-electron chi connectivity index (χ3n) is 9.19. The summed E-state index contributed by atoms with van der Waals surface area (Å²) in [6.07, 6.45) is 0. The van der Waals surface area contributed by atoms with E-state index >= 15 is 0 Å². The Kier molecular flexibility index (Phi) is 6.04. The lowest BCUT2D eigenvalue weighted by Gasteiger charge is -2.41. The smallest absolute Gasteiger partial charge is 0.160 e. The third kappa shape index (κ3) is 4.06. The predicted molar refractivity (Wildman–Crippen MR) is 186 cm³/mol. The second-order valence-electron chi connectivity index (χ2n) is 11.8. The van der Waals surface area contributed by atoms with Crippen LogP contribution in [0.25, 0.3) is 44.3 Å². The predicted octanol–water partition coefficient (Wildman–Crippen LogP) is 10.6. The zero-order valence-electron chi connectivity index (χ0n) is 25.0. The Bertz CT molecular complexity index is 2360. The van der Waals surface area contributed by atoms with Gasteiger partial charge in [-0.2, -0.15) is 0 Å². The first kappa shape index (κ1) is 26.4. The van der Waals surface area contributed by atoms with Crippen molar-refractivity contribution >= 4 is 21.7 Å². The zero-order valence-corrected chi connectivity index (χ0v) is 25.0. The van der Waals surface area contributed by atoms with Crippen molar-refractivity contribution in [2.45, 2.75) is 5.41 Å². The molecule has 3 heteroatoms. The van der Waals surface area contributed by atoms with Crippen LogP contribution in [0.2, 0.25) is 0 Å². The minimum Gasteiger partial charge on any atom is -0.457 e. The zero-order chi connectivity index (χ0) is 30.5. The van der Waals surface area contributed by atoms with Gasteiger partial charge in [0.1, 0.15) is 11.5 Å². The Morgan fingerprint density at radius 3 is 1.87 bits per heavy atom. The van der Waals surface area contributed by atoms with Gasteiger partial charge in [0.25, 0.3) is 0 Å². The number of hydrogen-bond acceptors (Lipinski definition) is 3. The molecule has 0 atom stereocenters. The van der Waals surface area contributed by atoms with Gasteiger partial charge in [-0.3, -0.25) is 0 Å². The van der Waals surface area contributed by atoms with Gasteiger partial charge in [-0.05, 0) is 58.3 Å². The third-order valence-corrected chi connectivity index (χ3v) is 9.19. The molecule has 3 nitrogen and oxygen atoms in total. The average Bonchev–Trinajstić information content (AvgIpc) is 3.13. The fraction of sp³-hybridized carbons (Fsp3) is 0.0233. The van der Waals surface area contributed by atoms with E-state index in [0.717, 1.165) is 50.3 Å². The number of hydrogen-bond donors (Lipinski definition) is 0. The molecule has 1 aromatic heterocycles. The highest BCUT2D eigenvalue weighted by Crippen LogP contribution is 2.55. The van der Waals surface area contributed by atoms with Crippen molar-refractivity contribution in [2.75, 3.05) is 0 Å². The lowest BCUT2D eigenvalue weighted by atomic mass is 9.63. The molecule has 0 bridgehead atoms. The van der Waals surface area contributed by atoms with Crippen LogP contribution in [-0.2, 0) is 5.41 Å². The molecule has 0 N–H and O–H groups in total. The van der Waals surface area contributed by atoms with Crippen LogP contribution in [-0.4, -0.2) is 9.97 Å². The summed E-state index contributed by atoms with van der Waals surface area (Å²) < 4.78 is 6.63. The van der Waals surface area contributed by atoms with E-state index in [9.17, 15) is 0 Å². The topological polar surface area (TPSA) is 35.0 Å². The van der Waals surface area contributed by atoms with E-state index in [4.69, 9.17) is 14.7 Å². The summed E-state index contributed by atoms with van der Waals surface area (Å²) in [6, 6.07) is 59.5. The molecule has 0 spiro atoms. The summed E-state index contributed by atoms with van der Waals surface area (Å²) in [5.41, 5.74) is 7.73. The molecule has 0 aliphatic carbocycles. The van der Waals surface area contributed by atoms with E-state index in [-0.39, 0.29) is 0 Å². The van der Waals surface area contributed by atoms with Crippen LogP contribution in [0.4, 0.5) is 0 Å². The van der Waals surface area contributed by atoms with Crippen molar-refractivity contribution in [1.82, 2.24) is 9.97 Å². The highest BCUT2D eigenvalue weighted by Gasteiger charge is 2.45. The Hall–Kier alpha value is -6.06. The molecule has 0 radical (unpaired) electrons. The molecular formula is C43H28N2O. The van der Waals surface area contributed by atoms with Gasteiger partial charge < -0.3 is 4.74 Å². The molecule has 1 aliphatic heterocycles. The summed E-state index contributed by atoms with van der Waals surface area (Å²) in [5, 5.41) is 3.42. The van der Waals surface area contributed by atoms with Gasteiger partial charge in [-0.1, -0.05) is 133 Å². The maximum absolute atomic E-state index is 6.63. The van der Waals surface area contributed by atoms with Crippen molar-refractivity contribution < 1.29 is 4.74 Å². The molecule has 0 saturated carbocycles. The molecule has 2 heterocycles. The van der Waals surface area contributed by atoms with Crippen molar-refractivity contribution in [3.8, 4) is 34.1 Å². The molecule has 1 aliphatic rings. The van der Waals surface area contributed by atoms with E-state index in [0.29, 0.717) is 5.82 Å². The molecule has 46 heavy (non-hydrogen) atoms.